The number of nitrogens with zero attached hydrogens (tertiary/aromatic N) is 2. The largest absolute Gasteiger partial charge is 0.481 e. The first kappa shape index (κ1) is 16.1. The summed E-state index contributed by atoms with van der Waals surface area (Å²) in [7, 11) is 0. The molecule has 0 fully saturated rings. The molecule has 2 aromatic heterocycles. The van der Waals surface area contributed by atoms with E-state index in [1.165, 1.54) is 11.3 Å². The van der Waals surface area contributed by atoms with Crippen LogP contribution in [0.1, 0.15) is 19.5 Å². The topological polar surface area (TPSA) is 92.2 Å². The van der Waals surface area contributed by atoms with E-state index in [2.05, 4.69) is 15.3 Å². The van der Waals surface area contributed by atoms with Crippen molar-refractivity contribution in [3.63, 3.8) is 0 Å². The zero-order valence-corrected chi connectivity index (χ0v) is 13.2. The molecular formula is C15H17N3O3S. The summed E-state index contributed by atoms with van der Waals surface area (Å²) in [5.74, 6) is -1.18. The summed E-state index contributed by atoms with van der Waals surface area (Å²) in [5.41, 5.74) is 0.583. The minimum absolute atomic E-state index is 0.0841. The number of hydrogen-bond acceptors (Lipinski definition) is 5. The van der Waals surface area contributed by atoms with Gasteiger partial charge in [-0.1, -0.05) is 0 Å². The number of amides is 1. The van der Waals surface area contributed by atoms with E-state index in [1.807, 2.05) is 17.5 Å². The van der Waals surface area contributed by atoms with Crippen LogP contribution < -0.4 is 5.32 Å². The molecule has 0 aromatic carbocycles. The van der Waals surface area contributed by atoms with Crippen molar-refractivity contribution in [1.82, 2.24) is 15.3 Å². The summed E-state index contributed by atoms with van der Waals surface area (Å²) in [5, 5.41) is 14.3. The highest BCUT2D eigenvalue weighted by Gasteiger charge is 2.27. The summed E-state index contributed by atoms with van der Waals surface area (Å²) >= 11 is 1.45. The normalized spacial score (nSPS) is 11.2. The van der Waals surface area contributed by atoms with E-state index < -0.39 is 11.4 Å². The van der Waals surface area contributed by atoms with Gasteiger partial charge in [-0.2, -0.15) is 0 Å². The smallest absolute Gasteiger partial charge is 0.310 e. The van der Waals surface area contributed by atoms with Gasteiger partial charge in [0.05, 0.1) is 17.5 Å². The van der Waals surface area contributed by atoms with Crippen molar-refractivity contribution in [3.05, 3.63) is 35.6 Å². The van der Waals surface area contributed by atoms with Gasteiger partial charge in [0.1, 0.15) is 5.01 Å². The fourth-order valence-electron chi connectivity index (χ4n) is 1.63. The van der Waals surface area contributed by atoms with E-state index in [9.17, 15) is 9.59 Å². The molecule has 0 aliphatic carbocycles. The minimum Gasteiger partial charge on any atom is -0.481 e. The van der Waals surface area contributed by atoms with Gasteiger partial charge in [0.2, 0.25) is 5.91 Å². The van der Waals surface area contributed by atoms with Crippen molar-refractivity contribution in [1.29, 1.82) is 0 Å². The number of hydrogen-bond donors (Lipinski definition) is 2. The molecule has 7 heteroatoms. The molecule has 2 rings (SSSR count). The molecule has 0 saturated heterocycles. The lowest BCUT2D eigenvalue weighted by Crippen LogP contribution is -2.39. The highest BCUT2D eigenvalue weighted by Crippen LogP contribution is 2.22. The Morgan fingerprint density at radius 1 is 1.41 bits per heavy atom. The second kappa shape index (κ2) is 6.65. The first-order valence-electron chi connectivity index (χ1n) is 6.73. The van der Waals surface area contributed by atoms with E-state index in [1.54, 1.807) is 26.2 Å². The Bertz CT molecular complexity index is 668. The van der Waals surface area contributed by atoms with Gasteiger partial charge >= 0.3 is 5.97 Å². The Balaban J connectivity index is 1.93. The monoisotopic (exact) mass is 319 g/mol. The number of pyridine rings is 1. The Morgan fingerprint density at radius 3 is 2.82 bits per heavy atom. The lowest BCUT2D eigenvalue weighted by molar-refractivity contribution is -0.146. The first-order chi connectivity index (χ1) is 10.4. The average molecular weight is 319 g/mol. The SMILES string of the molecule is CC(C)(CNC(=O)Cc1csc(-c2cccnc2)n1)C(=O)O. The summed E-state index contributed by atoms with van der Waals surface area (Å²) in [6.07, 6.45) is 3.54. The van der Waals surface area contributed by atoms with Crippen LogP contribution in [0.2, 0.25) is 0 Å². The van der Waals surface area contributed by atoms with E-state index in [0.717, 1.165) is 10.6 Å². The first-order valence-corrected chi connectivity index (χ1v) is 7.61. The molecule has 0 aliphatic rings. The third kappa shape index (κ3) is 4.11. The molecule has 2 N–H and O–H groups in total. The van der Waals surface area contributed by atoms with Crippen molar-refractivity contribution in [3.8, 4) is 10.6 Å². The number of carboxylic acids is 1. The molecule has 0 saturated carbocycles. The van der Waals surface area contributed by atoms with Gasteiger partial charge in [0.25, 0.3) is 0 Å². The van der Waals surface area contributed by atoms with Crippen molar-refractivity contribution < 1.29 is 14.7 Å². The van der Waals surface area contributed by atoms with Crippen LogP contribution in [0.3, 0.4) is 0 Å². The van der Waals surface area contributed by atoms with Gasteiger partial charge in [-0.25, -0.2) is 4.98 Å². The molecule has 0 aliphatic heterocycles. The zero-order valence-electron chi connectivity index (χ0n) is 12.4. The van der Waals surface area contributed by atoms with Crippen LogP contribution in [0.25, 0.3) is 10.6 Å². The Morgan fingerprint density at radius 2 is 2.18 bits per heavy atom. The molecule has 0 atom stereocenters. The maximum Gasteiger partial charge on any atom is 0.310 e. The summed E-state index contributed by atoms with van der Waals surface area (Å²) in [6, 6.07) is 3.74. The third-order valence-corrected chi connectivity index (χ3v) is 4.05. The number of carboxylic acid groups (broad SMARTS) is 1. The second-order valence-electron chi connectivity index (χ2n) is 5.53. The van der Waals surface area contributed by atoms with Crippen molar-refractivity contribution >= 4 is 23.2 Å². The highest BCUT2D eigenvalue weighted by molar-refractivity contribution is 7.13. The standard InChI is InChI=1S/C15H17N3O3S/c1-15(2,14(20)21)9-17-12(19)6-11-8-22-13(18-11)10-4-3-5-16-7-10/h3-5,7-8H,6,9H2,1-2H3,(H,17,19)(H,20,21). The molecule has 0 bridgehead atoms. The van der Waals surface area contributed by atoms with Crippen molar-refractivity contribution in [2.24, 2.45) is 5.41 Å². The van der Waals surface area contributed by atoms with Crippen molar-refractivity contribution in [2.45, 2.75) is 20.3 Å². The number of carbonyl (C=O) groups is 2. The van der Waals surface area contributed by atoms with Crippen LogP contribution in [0.4, 0.5) is 0 Å². The molecule has 2 aromatic rings. The highest BCUT2D eigenvalue weighted by atomic mass is 32.1. The molecule has 1 amide bonds. The zero-order chi connectivity index (χ0) is 16.2. The number of aromatic nitrogens is 2. The molecule has 0 radical (unpaired) electrons. The Labute approximate surface area is 132 Å². The fourth-order valence-corrected chi connectivity index (χ4v) is 2.44. The number of rotatable bonds is 6. The molecule has 2 heterocycles. The van der Waals surface area contributed by atoms with Gasteiger partial charge in [-0.05, 0) is 26.0 Å². The lowest BCUT2D eigenvalue weighted by Gasteiger charge is -2.19. The summed E-state index contributed by atoms with van der Waals surface area (Å²) in [6.45, 7) is 3.22. The summed E-state index contributed by atoms with van der Waals surface area (Å²) in [4.78, 5) is 31.3. The van der Waals surface area contributed by atoms with Crippen LogP contribution >= 0.6 is 11.3 Å². The van der Waals surface area contributed by atoms with Crippen LogP contribution in [-0.4, -0.2) is 33.5 Å². The Kier molecular flexibility index (Phi) is 4.87. The predicted octanol–water partition coefficient (Wildman–Crippen LogP) is 1.97. The van der Waals surface area contributed by atoms with Gasteiger partial charge in [0, 0.05) is 29.9 Å². The molecule has 22 heavy (non-hydrogen) atoms. The number of carbonyl (C=O) groups excluding carboxylic acids is 1. The van der Waals surface area contributed by atoms with Crippen LogP contribution in [0, 0.1) is 5.41 Å². The number of aliphatic carboxylic acids is 1. The van der Waals surface area contributed by atoms with Crippen LogP contribution in [-0.2, 0) is 16.0 Å². The average Bonchev–Trinajstić information content (AvgIpc) is 2.94. The molecule has 6 nitrogen and oxygen atoms in total. The molecule has 0 unspecified atom stereocenters. The second-order valence-corrected chi connectivity index (χ2v) is 6.39. The van der Waals surface area contributed by atoms with E-state index in [0.29, 0.717) is 5.69 Å². The van der Waals surface area contributed by atoms with Gasteiger partial charge < -0.3 is 10.4 Å². The Hall–Kier alpha value is -2.28. The summed E-state index contributed by atoms with van der Waals surface area (Å²) < 4.78 is 0. The van der Waals surface area contributed by atoms with E-state index >= 15 is 0 Å². The number of nitrogens with one attached hydrogen (secondary N) is 1. The van der Waals surface area contributed by atoms with E-state index in [4.69, 9.17) is 5.11 Å². The quantitative estimate of drug-likeness (QED) is 0.849. The molecule has 0 spiro atoms. The minimum atomic E-state index is -0.987. The molecule has 116 valence electrons. The maximum absolute atomic E-state index is 11.9. The van der Waals surface area contributed by atoms with E-state index in [-0.39, 0.29) is 18.9 Å². The fraction of sp³-hybridized carbons (Fsp3) is 0.333. The van der Waals surface area contributed by atoms with Crippen LogP contribution in [0.5, 0.6) is 0 Å². The van der Waals surface area contributed by atoms with Gasteiger partial charge in [-0.3, -0.25) is 14.6 Å². The number of thiazole rings is 1. The lowest BCUT2D eigenvalue weighted by atomic mass is 9.94. The van der Waals surface area contributed by atoms with Crippen molar-refractivity contribution in [2.75, 3.05) is 6.54 Å². The maximum atomic E-state index is 11.9. The van der Waals surface area contributed by atoms with Gasteiger partial charge in [-0.15, -0.1) is 11.3 Å². The predicted molar refractivity (Wildman–Crippen MR) is 83.5 cm³/mol. The van der Waals surface area contributed by atoms with Crippen LogP contribution in [0.15, 0.2) is 29.9 Å². The molecular weight excluding hydrogens is 302 g/mol. The third-order valence-electron chi connectivity index (χ3n) is 3.11. The van der Waals surface area contributed by atoms with Gasteiger partial charge in [0.15, 0.2) is 0 Å².